The molecule has 2 rings (SSSR count). The molecule has 1 aromatic rings. The summed E-state index contributed by atoms with van der Waals surface area (Å²) in [5, 5.41) is 3.26. The van der Waals surface area contributed by atoms with Gasteiger partial charge < -0.3 is 11.1 Å². The summed E-state index contributed by atoms with van der Waals surface area (Å²) >= 11 is 0. The number of nitrogens with two attached hydrogens (primary N) is 1. The highest BCUT2D eigenvalue weighted by molar-refractivity contribution is 5.58. The van der Waals surface area contributed by atoms with E-state index >= 15 is 0 Å². The van der Waals surface area contributed by atoms with Gasteiger partial charge in [-0.3, -0.25) is 4.90 Å². The van der Waals surface area contributed by atoms with E-state index in [-0.39, 0.29) is 0 Å². The molecule has 16 heavy (non-hydrogen) atoms. The first-order valence-corrected chi connectivity index (χ1v) is 5.69. The summed E-state index contributed by atoms with van der Waals surface area (Å²) in [5.41, 5.74) is 6.35. The number of anilines is 2. The largest absolute Gasteiger partial charge is 0.394 e. The number of nitrogen functional groups attached to an aromatic ring is 1. The molecule has 1 fully saturated rings. The van der Waals surface area contributed by atoms with Crippen molar-refractivity contribution in [3.8, 4) is 0 Å². The van der Waals surface area contributed by atoms with Gasteiger partial charge in [-0.1, -0.05) is 0 Å². The Morgan fingerprint density at radius 2 is 2.38 bits per heavy atom. The molecule has 3 N–H and O–H groups in total. The van der Waals surface area contributed by atoms with Crippen molar-refractivity contribution in [2.24, 2.45) is 0 Å². The van der Waals surface area contributed by atoms with Crippen molar-refractivity contribution in [1.29, 1.82) is 0 Å². The first kappa shape index (κ1) is 11.1. The molecule has 0 aliphatic heterocycles. The number of nitrogens with one attached hydrogen (secondary N) is 1. The van der Waals surface area contributed by atoms with Crippen LogP contribution in [0.5, 0.6) is 0 Å². The maximum absolute atomic E-state index is 5.75. The van der Waals surface area contributed by atoms with Crippen LogP contribution in [0.15, 0.2) is 12.5 Å². The van der Waals surface area contributed by atoms with Gasteiger partial charge in [0.1, 0.15) is 6.33 Å². The second-order valence-corrected chi connectivity index (χ2v) is 4.45. The predicted octanol–water partition coefficient (Wildman–Crippen LogP) is 0.953. The molecular formula is C11H19N5. The first-order chi connectivity index (χ1) is 7.68. The van der Waals surface area contributed by atoms with Crippen molar-refractivity contribution in [3.05, 3.63) is 12.5 Å². The molecule has 0 bridgehead atoms. The lowest BCUT2D eigenvalue weighted by molar-refractivity contribution is 0.257. The predicted molar refractivity (Wildman–Crippen MR) is 65.2 cm³/mol. The topological polar surface area (TPSA) is 67.1 Å². The molecule has 1 aliphatic carbocycles. The minimum Gasteiger partial charge on any atom is -0.394 e. The van der Waals surface area contributed by atoms with Gasteiger partial charge in [0.05, 0.1) is 11.9 Å². The Bertz CT molecular complexity index is 350. The quantitative estimate of drug-likeness (QED) is 0.775. The van der Waals surface area contributed by atoms with Gasteiger partial charge in [0, 0.05) is 18.6 Å². The van der Waals surface area contributed by atoms with Gasteiger partial charge in [-0.05, 0) is 26.8 Å². The van der Waals surface area contributed by atoms with Crippen LogP contribution in [0, 0.1) is 0 Å². The van der Waals surface area contributed by atoms with E-state index in [1.54, 1.807) is 6.20 Å². The summed E-state index contributed by atoms with van der Waals surface area (Å²) in [6.07, 6.45) is 5.78. The molecule has 1 aliphatic rings. The molecule has 0 aromatic carbocycles. The lowest BCUT2D eigenvalue weighted by atomic mass is 10.3. The Balaban J connectivity index is 1.84. The van der Waals surface area contributed by atoms with Crippen molar-refractivity contribution < 1.29 is 0 Å². The maximum Gasteiger partial charge on any atom is 0.152 e. The summed E-state index contributed by atoms with van der Waals surface area (Å²) in [4.78, 5) is 10.4. The van der Waals surface area contributed by atoms with E-state index in [1.807, 2.05) is 0 Å². The molecule has 0 amide bonds. The van der Waals surface area contributed by atoms with E-state index in [4.69, 9.17) is 5.73 Å². The standard InChI is InChI=1S/C11H19N5/c1-8(16(2)9-3-4-9)5-14-11-10(12)6-13-7-15-11/h6-9H,3-5,12H2,1-2H3,(H,13,14,15). The van der Waals surface area contributed by atoms with Crippen molar-refractivity contribution in [3.63, 3.8) is 0 Å². The number of likely N-dealkylation sites (N-methyl/N-ethyl adjacent to an activating group) is 1. The summed E-state index contributed by atoms with van der Waals surface area (Å²) in [6.45, 7) is 3.07. The van der Waals surface area contributed by atoms with Crippen LogP contribution in [0.4, 0.5) is 11.5 Å². The number of aromatic nitrogens is 2. The van der Waals surface area contributed by atoms with Crippen molar-refractivity contribution in [2.75, 3.05) is 24.6 Å². The van der Waals surface area contributed by atoms with Crippen LogP contribution in [0.25, 0.3) is 0 Å². The fourth-order valence-electron chi connectivity index (χ4n) is 1.72. The zero-order chi connectivity index (χ0) is 11.5. The van der Waals surface area contributed by atoms with Crippen LogP contribution in [0.2, 0.25) is 0 Å². The molecule has 0 radical (unpaired) electrons. The lowest BCUT2D eigenvalue weighted by Gasteiger charge is -2.24. The third-order valence-corrected chi connectivity index (χ3v) is 3.12. The van der Waals surface area contributed by atoms with Crippen molar-refractivity contribution in [1.82, 2.24) is 14.9 Å². The monoisotopic (exact) mass is 221 g/mol. The molecule has 5 heteroatoms. The normalized spacial score (nSPS) is 17.4. The number of rotatable bonds is 5. The Labute approximate surface area is 96.1 Å². The molecule has 1 heterocycles. The molecule has 1 unspecified atom stereocenters. The third kappa shape index (κ3) is 2.61. The zero-order valence-corrected chi connectivity index (χ0v) is 9.85. The average Bonchev–Trinajstić information content (AvgIpc) is 3.10. The molecular weight excluding hydrogens is 202 g/mol. The smallest absolute Gasteiger partial charge is 0.152 e. The van der Waals surface area contributed by atoms with Gasteiger partial charge in [0.2, 0.25) is 0 Å². The van der Waals surface area contributed by atoms with Gasteiger partial charge in [-0.15, -0.1) is 0 Å². The Morgan fingerprint density at radius 1 is 1.62 bits per heavy atom. The fourth-order valence-corrected chi connectivity index (χ4v) is 1.72. The molecule has 1 atom stereocenters. The molecule has 1 aromatic heterocycles. The summed E-state index contributed by atoms with van der Waals surface area (Å²) < 4.78 is 0. The Kier molecular flexibility index (Phi) is 3.24. The van der Waals surface area contributed by atoms with Crippen molar-refractivity contribution >= 4 is 11.5 Å². The van der Waals surface area contributed by atoms with E-state index in [0.29, 0.717) is 11.7 Å². The number of nitrogens with zero attached hydrogens (tertiary/aromatic N) is 3. The summed E-state index contributed by atoms with van der Waals surface area (Å²) in [5.74, 6) is 0.728. The maximum atomic E-state index is 5.75. The van der Waals surface area contributed by atoms with Crippen LogP contribution < -0.4 is 11.1 Å². The molecule has 0 saturated heterocycles. The van der Waals surface area contributed by atoms with Gasteiger partial charge >= 0.3 is 0 Å². The molecule has 0 spiro atoms. The second-order valence-electron chi connectivity index (χ2n) is 4.45. The van der Waals surface area contributed by atoms with E-state index in [1.165, 1.54) is 19.2 Å². The van der Waals surface area contributed by atoms with Crippen LogP contribution in [-0.4, -0.2) is 40.5 Å². The highest BCUT2D eigenvalue weighted by Crippen LogP contribution is 2.27. The Hall–Kier alpha value is -1.36. The summed E-state index contributed by atoms with van der Waals surface area (Å²) in [6, 6.07) is 1.27. The molecule has 88 valence electrons. The third-order valence-electron chi connectivity index (χ3n) is 3.12. The summed E-state index contributed by atoms with van der Waals surface area (Å²) in [7, 11) is 2.17. The van der Waals surface area contributed by atoms with Crippen LogP contribution in [-0.2, 0) is 0 Å². The van der Waals surface area contributed by atoms with Gasteiger partial charge in [0.25, 0.3) is 0 Å². The zero-order valence-electron chi connectivity index (χ0n) is 9.85. The lowest BCUT2D eigenvalue weighted by Crippen LogP contribution is -2.36. The molecule has 5 nitrogen and oxygen atoms in total. The number of hydrogen-bond donors (Lipinski definition) is 2. The SMILES string of the molecule is CC(CNc1ncncc1N)N(C)C1CC1. The van der Waals surface area contributed by atoms with Crippen molar-refractivity contribution in [2.45, 2.75) is 31.8 Å². The fraction of sp³-hybridized carbons (Fsp3) is 0.636. The average molecular weight is 221 g/mol. The van der Waals surface area contributed by atoms with E-state index in [0.717, 1.165) is 18.4 Å². The second kappa shape index (κ2) is 4.65. The highest BCUT2D eigenvalue weighted by Gasteiger charge is 2.28. The van der Waals surface area contributed by atoms with E-state index < -0.39 is 0 Å². The highest BCUT2D eigenvalue weighted by atomic mass is 15.2. The minimum atomic E-state index is 0.488. The van der Waals surface area contributed by atoms with E-state index in [2.05, 4.69) is 34.2 Å². The van der Waals surface area contributed by atoms with Crippen LogP contribution in [0.1, 0.15) is 19.8 Å². The minimum absolute atomic E-state index is 0.488. The number of hydrogen-bond acceptors (Lipinski definition) is 5. The van der Waals surface area contributed by atoms with Crippen LogP contribution >= 0.6 is 0 Å². The Morgan fingerprint density at radius 3 is 3.00 bits per heavy atom. The van der Waals surface area contributed by atoms with Crippen LogP contribution in [0.3, 0.4) is 0 Å². The molecule has 1 saturated carbocycles. The first-order valence-electron chi connectivity index (χ1n) is 5.69. The van der Waals surface area contributed by atoms with Gasteiger partial charge in [0.15, 0.2) is 5.82 Å². The van der Waals surface area contributed by atoms with Gasteiger partial charge in [-0.2, -0.15) is 0 Å². The van der Waals surface area contributed by atoms with Gasteiger partial charge in [-0.25, -0.2) is 9.97 Å². The van der Waals surface area contributed by atoms with E-state index in [9.17, 15) is 0 Å².